The fourth-order valence-corrected chi connectivity index (χ4v) is 3.81. The maximum atomic E-state index is 12.4. The maximum absolute atomic E-state index is 12.4. The number of fused-ring (bicyclic) bond motifs is 1. The highest BCUT2D eigenvalue weighted by atomic mass is 16.6. The summed E-state index contributed by atoms with van der Waals surface area (Å²) in [5.74, 6) is 0.925. The lowest BCUT2D eigenvalue weighted by atomic mass is 9.93. The fourth-order valence-electron chi connectivity index (χ4n) is 3.81. The smallest absolute Gasteiger partial charge is 0.410 e. The molecule has 0 unspecified atom stereocenters. The third-order valence-electron chi connectivity index (χ3n) is 5.13. The zero-order valence-electron chi connectivity index (χ0n) is 17.9. The molecule has 0 spiro atoms. The fraction of sp³-hybridized carbons (Fsp3) is 0.550. The number of aromatic nitrogens is 5. The Labute approximate surface area is 173 Å². The van der Waals surface area contributed by atoms with Crippen LogP contribution in [0.25, 0.3) is 17.1 Å². The Morgan fingerprint density at radius 2 is 1.97 bits per heavy atom. The van der Waals surface area contributed by atoms with E-state index in [1.807, 2.05) is 27.7 Å². The van der Waals surface area contributed by atoms with E-state index in [9.17, 15) is 9.59 Å². The monoisotopic (exact) mass is 414 g/mol. The number of nitrogens with zero attached hydrogens (tertiary/aromatic N) is 5. The Bertz CT molecular complexity index is 1140. The van der Waals surface area contributed by atoms with Crippen LogP contribution in [0.5, 0.6) is 0 Å². The van der Waals surface area contributed by atoms with Crippen molar-refractivity contribution in [1.82, 2.24) is 29.6 Å². The SMILES string of the molecule is Cc1noc(-c2c(C)nn3c(C4CCN(C(=O)OC(C)(C)C)CC4)cc(=O)[nH]c23)n1. The normalized spacial score (nSPS) is 15.7. The molecule has 30 heavy (non-hydrogen) atoms. The number of rotatable bonds is 2. The second-order valence-corrected chi connectivity index (χ2v) is 8.67. The summed E-state index contributed by atoms with van der Waals surface area (Å²) in [6.45, 7) is 10.3. The van der Waals surface area contributed by atoms with Crippen LogP contribution in [-0.4, -0.2) is 54.4 Å². The van der Waals surface area contributed by atoms with Gasteiger partial charge in [-0.3, -0.25) is 4.79 Å². The first-order chi connectivity index (χ1) is 14.1. The van der Waals surface area contributed by atoms with Gasteiger partial charge in [-0.15, -0.1) is 0 Å². The molecular formula is C20H26N6O4. The molecule has 10 heteroatoms. The lowest BCUT2D eigenvalue weighted by Crippen LogP contribution is -2.41. The van der Waals surface area contributed by atoms with Gasteiger partial charge in [-0.2, -0.15) is 10.1 Å². The number of hydrogen-bond acceptors (Lipinski definition) is 7. The van der Waals surface area contributed by atoms with Crippen LogP contribution in [0.3, 0.4) is 0 Å². The number of hydrogen-bond donors (Lipinski definition) is 1. The van der Waals surface area contributed by atoms with Crippen molar-refractivity contribution < 1.29 is 14.1 Å². The van der Waals surface area contributed by atoms with Crippen LogP contribution in [0, 0.1) is 13.8 Å². The summed E-state index contributed by atoms with van der Waals surface area (Å²) < 4.78 is 12.5. The highest BCUT2D eigenvalue weighted by molar-refractivity contribution is 5.74. The molecule has 1 aliphatic heterocycles. The number of carbonyl (C=O) groups excluding carboxylic acids is 1. The van der Waals surface area contributed by atoms with Crippen molar-refractivity contribution >= 4 is 11.7 Å². The van der Waals surface area contributed by atoms with Gasteiger partial charge in [-0.1, -0.05) is 5.16 Å². The number of ether oxygens (including phenoxy) is 1. The Morgan fingerprint density at radius 1 is 1.27 bits per heavy atom. The Balaban J connectivity index is 1.63. The number of piperidine rings is 1. The molecule has 0 radical (unpaired) electrons. The number of amides is 1. The number of aryl methyl sites for hydroxylation is 2. The summed E-state index contributed by atoms with van der Waals surface area (Å²) in [6, 6.07) is 1.58. The van der Waals surface area contributed by atoms with Crippen LogP contribution in [0.15, 0.2) is 15.4 Å². The minimum atomic E-state index is -0.525. The Kier molecular flexibility index (Phi) is 4.87. The number of H-pyrrole nitrogens is 1. The van der Waals surface area contributed by atoms with Gasteiger partial charge >= 0.3 is 6.09 Å². The van der Waals surface area contributed by atoms with Gasteiger partial charge in [0.05, 0.1) is 11.4 Å². The van der Waals surface area contributed by atoms with E-state index in [4.69, 9.17) is 9.26 Å². The molecule has 1 N–H and O–H groups in total. The van der Waals surface area contributed by atoms with Crippen LogP contribution >= 0.6 is 0 Å². The molecule has 0 aromatic carbocycles. The van der Waals surface area contributed by atoms with Crippen LogP contribution in [0.1, 0.15) is 56.7 Å². The van der Waals surface area contributed by atoms with Gasteiger partial charge in [-0.25, -0.2) is 9.31 Å². The molecular weight excluding hydrogens is 388 g/mol. The third kappa shape index (κ3) is 3.81. The van der Waals surface area contributed by atoms with E-state index in [0.717, 1.165) is 5.69 Å². The molecule has 1 aliphatic rings. The molecule has 3 aromatic rings. The predicted octanol–water partition coefficient (Wildman–Crippen LogP) is 2.80. The number of aromatic amines is 1. The van der Waals surface area contributed by atoms with Crippen molar-refractivity contribution in [2.45, 2.75) is 59.0 Å². The Hall–Kier alpha value is -3.17. The van der Waals surface area contributed by atoms with E-state index < -0.39 is 5.60 Å². The van der Waals surface area contributed by atoms with Crippen LogP contribution in [0.4, 0.5) is 4.79 Å². The zero-order valence-corrected chi connectivity index (χ0v) is 17.9. The van der Waals surface area contributed by atoms with Gasteiger partial charge in [0.2, 0.25) is 0 Å². The molecule has 3 aromatic heterocycles. The van der Waals surface area contributed by atoms with E-state index in [-0.39, 0.29) is 17.6 Å². The second-order valence-electron chi connectivity index (χ2n) is 8.67. The van der Waals surface area contributed by atoms with Crippen molar-refractivity contribution in [2.24, 2.45) is 0 Å². The summed E-state index contributed by atoms with van der Waals surface area (Å²) in [4.78, 5) is 33.6. The van der Waals surface area contributed by atoms with Gasteiger partial charge in [-0.05, 0) is 47.5 Å². The molecule has 1 saturated heterocycles. The van der Waals surface area contributed by atoms with Gasteiger partial charge in [0, 0.05) is 25.1 Å². The molecule has 1 fully saturated rings. The van der Waals surface area contributed by atoms with Crippen molar-refractivity contribution in [3.8, 4) is 11.5 Å². The van der Waals surface area contributed by atoms with Gasteiger partial charge in [0.25, 0.3) is 11.4 Å². The van der Waals surface area contributed by atoms with Crippen LogP contribution in [0.2, 0.25) is 0 Å². The minimum Gasteiger partial charge on any atom is -0.444 e. The molecule has 1 amide bonds. The summed E-state index contributed by atoms with van der Waals surface area (Å²) in [5, 5.41) is 8.47. The van der Waals surface area contributed by atoms with Crippen LogP contribution in [-0.2, 0) is 4.74 Å². The molecule has 4 rings (SSSR count). The van der Waals surface area contributed by atoms with E-state index in [1.165, 1.54) is 0 Å². The maximum Gasteiger partial charge on any atom is 0.410 e. The minimum absolute atomic E-state index is 0.0880. The molecule has 10 nitrogen and oxygen atoms in total. The van der Waals surface area contributed by atoms with E-state index in [0.29, 0.717) is 54.6 Å². The zero-order chi connectivity index (χ0) is 21.6. The van der Waals surface area contributed by atoms with Crippen molar-refractivity contribution in [2.75, 3.05) is 13.1 Å². The summed E-state index contributed by atoms with van der Waals surface area (Å²) >= 11 is 0. The summed E-state index contributed by atoms with van der Waals surface area (Å²) in [5.41, 5.74) is 1.91. The first-order valence-electron chi connectivity index (χ1n) is 10.0. The van der Waals surface area contributed by atoms with E-state index in [1.54, 1.807) is 22.4 Å². The van der Waals surface area contributed by atoms with Gasteiger partial charge in [0.15, 0.2) is 5.82 Å². The Morgan fingerprint density at radius 3 is 2.57 bits per heavy atom. The number of nitrogens with one attached hydrogen (secondary N) is 1. The van der Waals surface area contributed by atoms with Gasteiger partial charge < -0.3 is 19.1 Å². The van der Waals surface area contributed by atoms with Crippen LogP contribution < -0.4 is 5.56 Å². The average Bonchev–Trinajstić information content (AvgIpc) is 3.22. The average molecular weight is 414 g/mol. The van der Waals surface area contributed by atoms with E-state index in [2.05, 4.69) is 20.2 Å². The van der Waals surface area contributed by atoms with Crippen molar-refractivity contribution in [3.05, 3.63) is 33.6 Å². The largest absolute Gasteiger partial charge is 0.444 e. The standard InChI is InChI=1S/C20H26N6O4/c1-11-16(18-21-12(2)24-30-18)17-22-15(27)10-14(26(17)23-11)13-6-8-25(9-7-13)19(28)29-20(3,4)5/h10,13H,6-9H2,1-5H3,(H,22,27). The number of carbonyl (C=O) groups is 1. The topological polar surface area (TPSA) is 119 Å². The molecule has 0 saturated carbocycles. The molecule has 160 valence electrons. The highest BCUT2D eigenvalue weighted by Crippen LogP contribution is 2.31. The summed E-state index contributed by atoms with van der Waals surface area (Å²) in [6.07, 6.45) is 1.12. The van der Waals surface area contributed by atoms with E-state index >= 15 is 0 Å². The molecule has 4 heterocycles. The lowest BCUT2D eigenvalue weighted by Gasteiger charge is -2.33. The van der Waals surface area contributed by atoms with Crippen molar-refractivity contribution in [1.29, 1.82) is 0 Å². The lowest BCUT2D eigenvalue weighted by molar-refractivity contribution is 0.0203. The first kappa shape index (κ1) is 20.1. The van der Waals surface area contributed by atoms with Gasteiger partial charge in [0.1, 0.15) is 16.8 Å². The number of likely N-dealkylation sites (tertiary alicyclic amines) is 1. The highest BCUT2D eigenvalue weighted by Gasteiger charge is 2.30. The van der Waals surface area contributed by atoms with Crippen molar-refractivity contribution in [3.63, 3.8) is 0 Å². The molecule has 0 aliphatic carbocycles. The third-order valence-corrected chi connectivity index (χ3v) is 5.13. The quantitative estimate of drug-likeness (QED) is 0.685. The second kappa shape index (κ2) is 7.26. The predicted molar refractivity (Wildman–Crippen MR) is 108 cm³/mol. The molecule has 0 bridgehead atoms. The molecule has 0 atom stereocenters. The first-order valence-corrected chi connectivity index (χ1v) is 10.0. The summed E-state index contributed by atoms with van der Waals surface area (Å²) in [7, 11) is 0.